The standard InChI is InChI=1S/C24H35N5O4/c1-17(7-10-25-24-26-11-12-27-24)23(33)29-13-8-19(9-14-29)22(32)28-20(16-21(30)31)15-18-5-3-2-4-6-18/h2-6,17,19-20H,7-16H2,1H3,(H,28,32)(H,30,31)(H2,25,26,27)/t17?,20-/m1/s1. The highest BCUT2D eigenvalue weighted by atomic mass is 16.4. The fourth-order valence-corrected chi connectivity index (χ4v) is 4.32. The van der Waals surface area contributed by atoms with Crippen LogP contribution in [0.25, 0.3) is 0 Å². The van der Waals surface area contributed by atoms with Crippen LogP contribution in [0.15, 0.2) is 35.3 Å². The number of amides is 2. The van der Waals surface area contributed by atoms with Crippen molar-refractivity contribution in [3.8, 4) is 0 Å². The van der Waals surface area contributed by atoms with E-state index < -0.39 is 12.0 Å². The molecule has 9 heteroatoms. The van der Waals surface area contributed by atoms with Crippen molar-refractivity contribution in [1.29, 1.82) is 0 Å². The van der Waals surface area contributed by atoms with Gasteiger partial charge in [0.25, 0.3) is 0 Å². The number of nitrogens with one attached hydrogen (secondary N) is 3. The molecule has 1 saturated heterocycles. The number of aliphatic carboxylic acids is 1. The Kier molecular flexibility index (Phi) is 9.09. The van der Waals surface area contributed by atoms with E-state index in [1.807, 2.05) is 42.2 Å². The molecular formula is C24H35N5O4. The van der Waals surface area contributed by atoms with Crippen molar-refractivity contribution in [2.75, 3.05) is 32.7 Å². The minimum absolute atomic E-state index is 0.101. The van der Waals surface area contributed by atoms with Crippen LogP contribution < -0.4 is 16.0 Å². The zero-order valence-electron chi connectivity index (χ0n) is 19.3. The number of hydrogen-bond donors (Lipinski definition) is 4. The van der Waals surface area contributed by atoms with E-state index in [2.05, 4.69) is 20.9 Å². The van der Waals surface area contributed by atoms with Gasteiger partial charge in [-0.1, -0.05) is 37.3 Å². The van der Waals surface area contributed by atoms with Crippen molar-refractivity contribution in [2.24, 2.45) is 16.8 Å². The van der Waals surface area contributed by atoms with Crippen molar-refractivity contribution >= 4 is 23.7 Å². The SMILES string of the molecule is CC(CCNC1=NCCN1)C(=O)N1CCC(C(=O)N[C@@H](CC(=O)O)Cc2ccccc2)CC1. The Balaban J connectivity index is 1.42. The van der Waals surface area contributed by atoms with Crippen molar-refractivity contribution in [3.05, 3.63) is 35.9 Å². The first-order valence-corrected chi connectivity index (χ1v) is 11.8. The smallest absolute Gasteiger partial charge is 0.305 e. The fraction of sp³-hybridized carbons (Fsp3) is 0.583. The zero-order valence-corrected chi connectivity index (χ0v) is 19.3. The molecule has 2 aliphatic heterocycles. The number of aliphatic imine (C=N–C) groups is 1. The Morgan fingerprint density at radius 1 is 1.21 bits per heavy atom. The third-order valence-corrected chi connectivity index (χ3v) is 6.24. The second-order valence-corrected chi connectivity index (χ2v) is 8.87. The number of hydrogen-bond acceptors (Lipinski definition) is 6. The maximum atomic E-state index is 12.8. The minimum Gasteiger partial charge on any atom is -0.481 e. The lowest BCUT2D eigenvalue weighted by Crippen LogP contribution is -2.47. The van der Waals surface area contributed by atoms with Gasteiger partial charge in [0.2, 0.25) is 11.8 Å². The lowest BCUT2D eigenvalue weighted by Gasteiger charge is -2.33. The van der Waals surface area contributed by atoms with Crippen LogP contribution in [0, 0.1) is 11.8 Å². The average Bonchev–Trinajstić information content (AvgIpc) is 3.32. The second kappa shape index (κ2) is 12.2. The lowest BCUT2D eigenvalue weighted by molar-refractivity contribution is -0.140. The van der Waals surface area contributed by atoms with Crippen molar-refractivity contribution in [2.45, 2.75) is 45.1 Å². The van der Waals surface area contributed by atoms with Gasteiger partial charge in [0.05, 0.1) is 13.0 Å². The number of benzene rings is 1. The van der Waals surface area contributed by atoms with E-state index in [1.54, 1.807) is 0 Å². The van der Waals surface area contributed by atoms with Gasteiger partial charge in [0.15, 0.2) is 5.96 Å². The summed E-state index contributed by atoms with van der Waals surface area (Å²) in [5.74, 6) is -0.442. The number of carbonyl (C=O) groups excluding carboxylic acids is 2. The molecule has 1 aromatic carbocycles. The highest BCUT2D eigenvalue weighted by Crippen LogP contribution is 2.20. The summed E-state index contributed by atoms with van der Waals surface area (Å²) in [7, 11) is 0. The lowest BCUT2D eigenvalue weighted by atomic mass is 9.93. The van der Waals surface area contributed by atoms with Crippen LogP contribution in [0.2, 0.25) is 0 Å². The Morgan fingerprint density at radius 3 is 2.58 bits per heavy atom. The summed E-state index contributed by atoms with van der Waals surface area (Å²) < 4.78 is 0. The molecule has 0 radical (unpaired) electrons. The van der Waals surface area contributed by atoms with Crippen LogP contribution in [0.4, 0.5) is 0 Å². The number of carboxylic acid groups (broad SMARTS) is 1. The zero-order chi connectivity index (χ0) is 23.6. The topological polar surface area (TPSA) is 123 Å². The maximum absolute atomic E-state index is 12.8. The maximum Gasteiger partial charge on any atom is 0.305 e. The number of rotatable bonds is 10. The first-order chi connectivity index (χ1) is 15.9. The Labute approximate surface area is 195 Å². The quantitative estimate of drug-likeness (QED) is 0.416. The van der Waals surface area contributed by atoms with E-state index in [0.29, 0.717) is 38.9 Å². The molecule has 4 N–H and O–H groups in total. The van der Waals surface area contributed by atoms with Crippen LogP contribution in [-0.4, -0.2) is 72.5 Å². The molecule has 3 rings (SSSR count). The predicted octanol–water partition coefficient (Wildman–Crippen LogP) is 1.00. The fourth-order valence-electron chi connectivity index (χ4n) is 4.32. The summed E-state index contributed by atoms with van der Waals surface area (Å²) in [6.45, 7) is 5.35. The molecule has 33 heavy (non-hydrogen) atoms. The number of nitrogens with zero attached hydrogens (tertiary/aromatic N) is 2. The molecule has 2 amide bonds. The van der Waals surface area contributed by atoms with Gasteiger partial charge in [0, 0.05) is 44.1 Å². The van der Waals surface area contributed by atoms with E-state index >= 15 is 0 Å². The van der Waals surface area contributed by atoms with Crippen LogP contribution in [0.3, 0.4) is 0 Å². The molecule has 0 saturated carbocycles. The Bertz CT molecular complexity index is 837. The predicted molar refractivity (Wildman–Crippen MR) is 126 cm³/mol. The van der Waals surface area contributed by atoms with Gasteiger partial charge in [-0.3, -0.25) is 19.4 Å². The second-order valence-electron chi connectivity index (χ2n) is 8.87. The highest BCUT2D eigenvalue weighted by Gasteiger charge is 2.30. The summed E-state index contributed by atoms with van der Waals surface area (Å²) >= 11 is 0. The summed E-state index contributed by atoms with van der Waals surface area (Å²) in [4.78, 5) is 43.0. The summed E-state index contributed by atoms with van der Waals surface area (Å²) in [6, 6.07) is 9.11. The van der Waals surface area contributed by atoms with Crippen molar-refractivity contribution in [3.63, 3.8) is 0 Å². The van der Waals surface area contributed by atoms with Gasteiger partial charge < -0.3 is 26.0 Å². The molecule has 0 bridgehead atoms. The summed E-state index contributed by atoms with van der Waals surface area (Å²) in [5.41, 5.74) is 0.990. The molecule has 1 fully saturated rings. The van der Waals surface area contributed by atoms with Crippen molar-refractivity contribution < 1.29 is 19.5 Å². The summed E-state index contributed by atoms with van der Waals surface area (Å²) in [5, 5.41) is 18.5. The van der Waals surface area contributed by atoms with E-state index in [9.17, 15) is 19.5 Å². The van der Waals surface area contributed by atoms with E-state index in [4.69, 9.17) is 0 Å². The third kappa shape index (κ3) is 7.76. The van der Waals surface area contributed by atoms with Gasteiger partial charge in [-0.05, 0) is 31.2 Å². The minimum atomic E-state index is -0.934. The average molecular weight is 458 g/mol. The first-order valence-electron chi connectivity index (χ1n) is 11.8. The van der Waals surface area contributed by atoms with Crippen LogP contribution in [0.1, 0.15) is 38.2 Å². The number of carbonyl (C=O) groups is 3. The summed E-state index contributed by atoms with van der Waals surface area (Å²) in [6.07, 6.45) is 2.26. The van der Waals surface area contributed by atoms with E-state index in [-0.39, 0.29) is 30.1 Å². The number of piperidine rings is 1. The van der Waals surface area contributed by atoms with E-state index in [1.165, 1.54) is 0 Å². The molecule has 0 spiro atoms. The van der Waals surface area contributed by atoms with E-state index in [0.717, 1.165) is 31.0 Å². The first kappa shape index (κ1) is 24.5. The van der Waals surface area contributed by atoms with Gasteiger partial charge in [-0.25, -0.2) is 0 Å². The van der Waals surface area contributed by atoms with Gasteiger partial charge >= 0.3 is 5.97 Å². The van der Waals surface area contributed by atoms with Crippen LogP contribution in [0.5, 0.6) is 0 Å². The molecule has 0 aromatic heterocycles. The molecule has 2 atom stereocenters. The number of likely N-dealkylation sites (tertiary alicyclic amines) is 1. The Hall–Kier alpha value is -3.10. The Morgan fingerprint density at radius 2 is 1.94 bits per heavy atom. The molecule has 9 nitrogen and oxygen atoms in total. The molecule has 1 unspecified atom stereocenters. The molecule has 0 aliphatic carbocycles. The molecule has 2 heterocycles. The number of carboxylic acids is 1. The number of guanidine groups is 1. The van der Waals surface area contributed by atoms with Crippen LogP contribution >= 0.6 is 0 Å². The van der Waals surface area contributed by atoms with Crippen molar-refractivity contribution in [1.82, 2.24) is 20.9 Å². The van der Waals surface area contributed by atoms with Crippen LogP contribution in [-0.2, 0) is 20.8 Å². The van der Waals surface area contributed by atoms with Gasteiger partial charge in [-0.15, -0.1) is 0 Å². The molecule has 2 aliphatic rings. The monoisotopic (exact) mass is 457 g/mol. The molecule has 180 valence electrons. The van der Waals surface area contributed by atoms with Gasteiger partial charge in [-0.2, -0.15) is 0 Å². The normalized spacial score (nSPS) is 18.1. The highest BCUT2D eigenvalue weighted by molar-refractivity contribution is 5.82. The largest absolute Gasteiger partial charge is 0.481 e. The third-order valence-electron chi connectivity index (χ3n) is 6.24. The molecular weight excluding hydrogens is 422 g/mol. The molecule has 1 aromatic rings. The van der Waals surface area contributed by atoms with Gasteiger partial charge in [0.1, 0.15) is 0 Å².